The quantitative estimate of drug-likeness (QED) is 0.125. The van der Waals surface area contributed by atoms with Crippen molar-refractivity contribution in [2.45, 2.75) is 19.6 Å². The van der Waals surface area contributed by atoms with Crippen molar-refractivity contribution in [2.24, 2.45) is 0 Å². The molecule has 0 unspecified atom stereocenters. The van der Waals surface area contributed by atoms with Gasteiger partial charge in [0.1, 0.15) is 0 Å². The van der Waals surface area contributed by atoms with Crippen LogP contribution in [0.5, 0.6) is 0 Å². The van der Waals surface area contributed by atoms with Crippen molar-refractivity contribution in [1.29, 1.82) is 0 Å². The second-order valence-corrected chi connectivity index (χ2v) is 16.1. The van der Waals surface area contributed by atoms with Gasteiger partial charge in [-0.3, -0.25) is 9.88 Å². The molecule has 0 aliphatic rings. The molecule has 0 atom stereocenters. The smallest absolute Gasteiger partial charge is 0.0544 e. The van der Waals surface area contributed by atoms with Crippen LogP contribution >= 0.6 is 15.8 Å². The maximum atomic E-state index is 4.77. The summed E-state index contributed by atoms with van der Waals surface area (Å²) in [6.45, 7) is 2.38. The Bertz CT molecular complexity index is 1800. The van der Waals surface area contributed by atoms with Gasteiger partial charge < -0.3 is 0 Å². The summed E-state index contributed by atoms with van der Waals surface area (Å²) in [6, 6.07) is 68.4. The summed E-state index contributed by atoms with van der Waals surface area (Å²) in [4.78, 5) is 7.35. The van der Waals surface area contributed by atoms with Crippen LogP contribution in [0, 0.1) is 0 Å². The third-order valence-corrected chi connectivity index (χ3v) is 13.5. The van der Waals surface area contributed by atoms with Crippen LogP contribution in [0.4, 0.5) is 0 Å². The highest BCUT2D eigenvalue weighted by molar-refractivity contribution is 7.80. The van der Waals surface area contributed by atoms with Gasteiger partial charge in [0.05, 0.1) is 5.69 Å². The van der Waals surface area contributed by atoms with Crippen molar-refractivity contribution < 1.29 is 0 Å². The van der Waals surface area contributed by atoms with Crippen molar-refractivity contribution in [3.8, 4) is 0 Å². The zero-order valence-corrected chi connectivity index (χ0v) is 28.7. The topological polar surface area (TPSA) is 16.1 Å². The fraction of sp³-hybridized carbons (Fsp3) is 0.0682. The third kappa shape index (κ3) is 7.70. The van der Waals surface area contributed by atoms with Gasteiger partial charge >= 0.3 is 0 Å². The molecule has 0 amide bonds. The van der Waals surface area contributed by atoms with Crippen LogP contribution in [0.3, 0.4) is 0 Å². The van der Waals surface area contributed by atoms with Crippen LogP contribution in [0.2, 0.25) is 0 Å². The van der Waals surface area contributed by atoms with Gasteiger partial charge in [-0.25, -0.2) is 0 Å². The summed E-state index contributed by atoms with van der Waals surface area (Å²) in [7, 11) is -1.46. The molecule has 0 N–H and O–H groups in total. The van der Waals surface area contributed by atoms with E-state index in [4.69, 9.17) is 4.98 Å². The SMILES string of the molecule is c1ccc(P(c2ccccc2)c2ccccc2CN(Cc2ccccn2)Cc2ccccc2P(c2ccccc2)c2ccccc2)cc1. The van der Waals surface area contributed by atoms with Crippen LogP contribution in [-0.2, 0) is 19.6 Å². The Morgan fingerprint density at radius 3 is 1.08 bits per heavy atom. The Hall–Kier alpha value is -4.71. The van der Waals surface area contributed by atoms with Crippen LogP contribution in [0.1, 0.15) is 16.8 Å². The molecule has 0 radical (unpaired) electrons. The van der Waals surface area contributed by atoms with Gasteiger partial charge in [-0.05, 0) is 70.9 Å². The molecule has 0 aliphatic heterocycles. The van der Waals surface area contributed by atoms with Gasteiger partial charge in [0.2, 0.25) is 0 Å². The van der Waals surface area contributed by atoms with Crippen molar-refractivity contribution in [3.63, 3.8) is 0 Å². The minimum atomic E-state index is -0.732. The van der Waals surface area contributed by atoms with Crippen molar-refractivity contribution >= 4 is 47.7 Å². The molecular weight excluding hydrogens is 618 g/mol. The summed E-state index contributed by atoms with van der Waals surface area (Å²) in [5.74, 6) is 0. The molecule has 0 bridgehead atoms. The number of rotatable bonds is 12. The molecule has 6 aromatic carbocycles. The van der Waals surface area contributed by atoms with E-state index in [0.717, 1.165) is 25.3 Å². The summed E-state index contributed by atoms with van der Waals surface area (Å²) in [6.07, 6.45) is 1.91. The van der Waals surface area contributed by atoms with Gasteiger partial charge in [0, 0.05) is 25.8 Å². The Kier molecular flexibility index (Phi) is 10.6. The molecule has 4 heteroatoms. The van der Waals surface area contributed by atoms with Crippen molar-refractivity contribution in [2.75, 3.05) is 0 Å². The first kappa shape index (κ1) is 31.9. The molecule has 1 heterocycles. The molecule has 0 saturated heterocycles. The third-order valence-electron chi connectivity index (χ3n) is 8.42. The number of benzene rings is 6. The first-order valence-corrected chi connectivity index (χ1v) is 19.1. The van der Waals surface area contributed by atoms with Crippen molar-refractivity contribution in [1.82, 2.24) is 9.88 Å². The predicted octanol–water partition coefficient (Wildman–Crippen LogP) is 7.80. The second-order valence-electron chi connectivity index (χ2n) is 11.7. The normalized spacial score (nSPS) is 11.3. The number of pyridine rings is 1. The summed E-state index contributed by atoms with van der Waals surface area (Å²) < 4.78 is 0. The number of nitrogens with zero attached hydrogens (tertiary/aromatic N) is 2. The molecule has 48 heavy (non-hydrogen) atoms. The fourth-order valence-corrected chi connectivity index (χ4v) is 11.2. The molecule has 0 aliphatic carbocycles. The minimum absolute atomic E-state index is 0.732. The molecule has 234 valence electrons. The first-order chi connectivity index (χ1) is 23.8. The standard InChI is InChI=1S/C44H38N2P2/c1-5-22-39(23-6-1)47(40-24-7-2-8-25-40)43-30-15-13-19-36(43)33-46(35-38-21-17-18-32-45-38)34-37-20-14-16-31-44(37)48(41-26-9-3-10-27-41)42-28-11-4-12-29-42/h1-32H,33-35H2. The highest BCUT2D eigenvalue weighted by atomic mass is 31.1. The van der Waals surface area contributed by atoms with Crippen molar-refractivity contribution in [3.05, 3.63) is 211 Å². The van der Waals surface area contributed by atoms with E-state index in [-0.39, 0.29) is 0 Å². The number of hydrogen-bond donors (Lipinski definition) is 0. The predicted molar refractivity (Wildman–Crippen MR) is 207 cm³/mol. The van der Waals surface area contributed by atoms with Crippen LogP contribution in [0.25, 0.3) is 0 Å². The van der Waals surface area contributed by atoms with Crippen LogP contribution < -0.4 is 31.8 Å². The Balaban J connectivity index is 1.29. The molecule has 1 aromatic heterocycles. The maximum Gasteiger partial charge on any atom is 0.0544 e. The molecule has 0 fully saturated rings. The average molecular weight is 657 g/mol. The van der Waals surface area contributed by atoms with E-state index < -0.39 is 15.8 Å². The molecule has 7 aromatic rings. The molecular formula is C44H38N2P2. The van der Waals surface area contributed by atoms with Crippen LogP contribution in [0.15, 0.2) is 194 Å². The lowest BCUT2D eigenvalue weighted by Gasteiger charge is -2.29. The highest BCUT2D eigenvalue weighted by Gasteiger charge is 2.23. The zero-order chi connectivity index (χ0) is 32.4. The largest absolute Gasteiger partial charge is 0.289 e. The Morgan fingerprint density at radius 2 is 0.708 bits per heavy atom. The lowest BCUT2D eigenvalue weighted by atomic mass is 10.1. The Morgan fingerprint density at radius 1 is 0.354 bits per heavy atom. The Labute approximate surface area is 287 Å². The molecule has 0 spiro atoms. The van der Waals surface area contributed by atoms with Gasteiger partial charge in [0.25, 0.3) is 0 Å². The fourth-order valence-electron chi connectivity index (χ4n) is 6.26. The van der Waals surface area contributed by atoms with Gasteiger partial charge in [-0.2, -0.15) is 0 Å². The first-order valence-electron chi connectivity index (χ1n) is 16.4. The summed E-state index contributed by atoms with van der Waals surface area (Å²) in [5, 5.41) is 8.27. The van der Waals surface area contributed by atoms with E-state index in [9.17, 15) is 0 Å². The number of aromatic nitrogens is 1. The zero-order valence-electron chi connectivity index (χ0n) is 26.9. The van der Waals surface area contributed by atoms with E-state index in [0.29, 0.717) is 0 Å². The monoisotopic (exact) mass is 656 g/mol. The molecule has 7 rings (SSSR count). The highest BCUT2D eigenvalue weighted by Crippen LogP contribution is 2.36. The van der Waals surface area contributed by atoms with E-state index in [1.165, 1.54) is 43.0 Å². The maximum absolute atomic E-state index is 4.77. The van der Waals surface area contributed by atoms with E-state index >= 15 is 0 Å². The van der Waals surface area contributed by atoms with E-state index in [1.807, 2.05) is 12.3 Å². The summed E-state index contributed by atoms with van der Waals surface area (Å²) >= 11 is 0. The van der Waals surface area contributed by atoms with E-state index in [1.54, 1.807) is 0 Å². The van der Waals surface area contributed by atoms with Crippen LogP contribution in [-0.4, -0.2) is 9.88 Å². The average Bonchev–Trinajstić information content (AvgIpc) is 3.15. The lowest BCUT2D eigenvalue weighted by molar-refractivity contribution is 0.246. The van der Waals surface area contributed by atoms with E-state index in [2.05, 4.69) is 187 Å². The summed E-state index contributed by atoms with van der Waals surface area (Å²) in [5.41, 5.74) is 3.80. The number of hydrogen-bond acceptors (Lipinski definition) is 2. The second kappa shape index (κ2) is 15.9. The van der Waals surface area contributed by atoms with Gasteiger partial charge in [-0.1, -0.05) is 176 Å². The van der Waals surface area contributed by atoms with Gasteiger partial charge in [-0.15, -0.1) is 0 Å². The molecule has 2 nitrogen and oxygen atoms in total. The molecule has 0 saturated carbocycles. The van der Waals surface area contributed by atoms with Gasteiger partial charge in [0.15, 0.2) is 0 Å². The lowest BCUT2D eigenvalue weighted by Crippen LogP contribution is -2.31. The minimum Gasteiger partial charge on any atom is -0.289 e.